The molecular weight excluding hydrogens is 318 g/mol. The third-order valence-electron chi connectivity index (χ3n) is 3.86. The van der Waals surface area contributed by atoms with Crippen molar-refractivity contribution in [2.45, 2.75) is 13.0 Å². The number of aromatic nitrogens is 7. The molecule has 9 nitrogen and oxygen atoms in total. The van der Waals surface area contributed by atoms with E-state index in [1.54, 1.807) is 17.2 Å². The van der Waals surface area contributed by atoms with Gasteiger partial charge in [0.15, 0.2) is 11.6 Å². The summed E-state index contributed by atoms with van der Waals surface area (Å²) >= 11 is 0. The molecule has 0 spiro atoms. The number of nitrogens with zero attached hydrogens (tertiary/aromatic N) is 7. The quantitative estimate of drug-likeness (QED) is 0.513. The van der Waals surface area contributed by atoms with Gasteiger partial charge in [0, 0.05) is 25.5 Å². The van der Waals surface area contributed by atoms with Crippen LogP contribution in [0.3, 0.4) is 0 Å². The molecule has 4 rings (SSSR count). The van der Waals surface area contributed by atoms with Crippen molar-refractivity contribution in [3.8, 4) is 5.82 Å². The molecule has 25 heavy (non-hydrogen) atoms. The van der Waals surface area contributed by atoms with Gasteiger partial charge in [0.25, 0.3) is 0 Å². The van der Waals surface area contributed by atoms with E-state index in [2.05, 4.69) is 30.6 Å². The molecule has 0 saturated carbocycles. The van der Waals surface area contributed by atoms with Crippen molar-refractivity contribution >= 4 is 22.5 Å². The van der Waals surface area contributed by atoms with Crippen molar-refractivity contribution in [1.82, 2.24) is 34.5 Å². The summed E-state index contributed by atoms with van der Waals surface area (Å²) in [6.45, 7) is 1.61. The monoisotopic (exact) mass is 335 g/mol. The Labute approximate surface area is 143 Å². The summed E-state index contributed by atoms with van der Waals surface area (Å²) in [7, 11) is 0. The number of imidazole rings is 1. The first kappa shape index (κ1) is 15.1. The molecule has 0 amide bonds. The Morgan fingerprint density at radius 2 is 2.08 bits per heavy atom. The molecule has 3 N–H and O–H groups in total. The summed E-state index contributed by atoms with van der Waals surface area (Å²) in [6.07, 6.45) is 7.90. The zero-order chi connectivity index (χ0) is 17.1. The van der Waals surface area contributed by atoms with Gasteiger partial charge in [0.2, 0.25) is 0 Å². The molecule has 0 aliphatic carbocycles. The largest absolute Gasteiger partial charge is 0.393 e. The minimum absolute atomic E-state index is 0.445. The summed E-state index contributed by atoms with van der Waals surface area (Å²) in [6, 6.07) is 7.66. The van der Waals surface area contributed by atoms with Crippen LogP contribution in [-0.2, 0) is 6.54 Å². The summed E-state index contributed by atoms with van der Waals surface area (Å²) < 4.78 is 3.65. The Balaban J connectivity index is 1.52. The second kappa shape index (κ2) is 6.56. The van der Waals surface area contributed by atoms with Gasteiger partial charge in [0.05, 0.1) is 11.8 Å². The third kappa shape index (κ3) is 2.99. The number of benzene rings is 1. The Morgan fingerprint density at radius 1 is 1.16 bits per heavy atom. The van der Waals surface area contributed by atoms with Crippen molar-refractivity contribution in [3.63, 3.8) is 0 Å². The van der Waals surface area contributed by atoms with Gasteiger partial charge in [-0.2, -0.15) is 4.68 Å². The summed E-state index contributed by atoms with van der Waals surface area (Å²) in [5, 5.41) is 11.5. The SMILES string of the molecule is Nc1c(NCCCn2ccnc2)ncnc1-n1nnc2ccccc21. The highest BCUT2D eigenvalue weighted by molar-refractivity contribution is 5.78. The summed E-state index contributed by atoms with van der Waals surface area (Å²) in [5.74, 6) is 1.11. The molecule has 0 radical (unpaired) electrons. The maximum atomic E-state index is 6.25. The van der Waals surface area contributed by atoms with Gasteiger partial charge < -0.3 is 15.6 Å². The Bertz CT molecular complexity index is 974. The fraction of sp³-hybridized carbons (Fsp3) is 0.188. The molecule has 0 bridgehead atoms. The number of aryl methyl sites for hydroxylation is 1. The van der Waals surface area contributed by atoms with Gasteiger partial charge in [0.1, 0.15) is 17.5 Å². The van der Waals surface area contributed by atoms with Crippen LogP contribution in [-0.4, -0.2) is 41.1 Å². The normalized spacial score (nSPS) is 11.0. The van der Waals surface area contributed by atoms with Gasteiger partial charge in [-0.25, -0.2) is 15.0 Å². The first-order chi connectivity index (χ1) is 12.3. The van der Waals surface area contributed by atoms with Crippen molar-refractivity contribution in [1.29, 1.82) is 0 Å². The van der Waals surface area contributed by atoms with E-state index in [0.29, 0.717) is 17.3 Å². The molecule has 0 aliphatic rings. The second-order valence-corrected chi connectivity index (χ2v) is 5.53. The molecule has 0 saturated heterocycles. The Morgan fingerprint density at radius 3 is 2.96 bits per heavy atom. The standard InChI is InChI=1S/C16H17N9/c17-14-15(19-6-3-8-24-9-7-18-11-24)20-10-21-16(14)25-13-5-2-1-4-12(13)22-23-25/h1-2,4-5,7,9-11H,3,6,8,17H2,(H,19,20,21). The first-order valence-corrected chi connectivity index (χ1v) is 7.94. The average Bonchev–Trinajstić information content (AvgIpc) is 3.30. The number of fused-ring (bicyclic) bond motifs is 1. The molecule has 0 fully saturated rings. The zero-order valence-corrected chi connectivity index (χ0v) is 13.4. The topological polar surface area (TPSA) is 112 Å². The maximum absolute atomic E-state index is 6.25. The summed E-state index contributed by atoms with van der Waals surface area (Å²) in [5.41, 5.74) is 8.33. The van der Waals surface area contributed by atoms with Gasteiger partial charge in [-0.05, 0) is 18.6 Å². The zero-order valence-electron chi connectivity index (χ0n) is 13.4. The molecule has 3 heterocycles. The van der Waals surface area contributed by atoms with Crippen LogP contribution in [0.1, 0.15) is 6.42 Å². The van der Waals surface area contributed by atoms with E-state index in [1.807, 2.05) is 35.0 Å². The number of nitrogens with two attached hydrogens (primary N) is 1. The number of para-hydroxylation sites is 1. The number of hydrogen-bond donors (Lipinski definition) is 2. The van der Waals surface area contributed by atoms with E-state index >= 15 is 0 Å². The highest BCUT2D eigenvalue weighted by Gasteiger charge is 2.13. The maximum Gasteiger partial charge on any atom is 0.184 e. The third-order valence-corrected chi connectivity index (χ3v) is 3.86. The van der Waals surface area contributed by atoms with E-state index in [0.717, 1.165) is 30.5 Å². The minimum atomic E-state index is 0.445. The van der Waals surface area contributed by atoms with Crippen molar-refractivity contribution < 1.29 is 0 Å². The number of hydrogen-bond acceptors (Lipinski definition) is 7. The van der Waals surface area contributed by atoms with E-state index in [9.17, 15) is 0 Å². The van der Waals surface area contributed by atoms with Crippen LogP contribution in [0.4, 0.5) is 11.5 Å². The predicted octanol–water partition coefficient (Wildman–Crippen LogP) is 1.49. The lowest BCUT2D eigenvalue weighted by atomic mass is 10.3. The van der Waals surface area contributed by atoms with Crippen molar-refractivity contribution in [3.05, 3.63) is 49.3 Å². The fourth-order valence-electron chi connectivity index (χ4n) is 2.61. The Kier molecular flexibility index (Phi) is 3.95. The predicted molar refractivity (Wildman–Crippen MR) is 94.2 cm³/mol. The average molecular weight is 335 g/mol. The van der Waals surface area contributed by atoms with Crippen LogP contribution >= 0.6 is 0 Å². The van der Waals surface area contributed by atoms with Crippen LogP contribution in [0.5, 0.6) is 0 Å². The van der Waals surface area contributed by atoms with Gasteiger partial charge in [-0.3, -0.25) is 0 Å². The smallest absolute Gasteiger partial charge is 0.184 e. The lowest BCUT2D eigenvalue weighted by Gasteiger charge is -2.11. The highest BCUT2D eigenvalue weighted by Crippen LogP contribution is 2.23. The number of nitrogen functional groups attached to an aromatic ring is 1. The molecule has 9 heteroatoms. The van der Waals surface area contributed by atoms with E-state index in [-0.39, 0.29) is 0 Å². The van der Waals surface area contributed by atoms with Crippen LogP contribution in [0, 0.1) is 0 Å². The molecule has 4 aromatic rings. The minimum Gasteiger partial charge on any atom is -0.393 e. The Hall–Kier alpha value is -3.49. The summed E-state index contributed by atoms with van der Waals surface area (Å²) in [4.78, 5) is 12.5. The molecule has 0 atom stereocenters. The van der Waals surface area contributed by atoms with Crippen LogP contribution in [0.15, 0.2) is 49.3 Å². The van der Waals surface area contributed by atoms with E-state index in [4.69, 9.17) is 5.73 Å². The highest BCUT2D eigenvalue weighted by atomic mass is 15.4. The molecule has 0 unspecified atom stereocenters. The van der Waals surface area contributed by atoms with E-state index in [1.165, 1.54) is 6.33 Å². The van der Waals surface area contributed by atoms with Gasteiger partial charge in [-0.1, -0.05) is 17.3 Å². The van der Waals surface area contributed by atoms with Crippen LogP contribution in [0.25, 0.3) is 16.9 Å². The number of rotatable bonds is 6. The second-order valence-electron chi connectivity index (χ2n) is 5.53. The molecule has 126 valence electrons. The van der Waals surface area contributed by atoms with Crippen LogP contribution in [0.2, 0.25) is 0 Å². The molecular formula is C16H17N9. The van der Waals surface area contributed by atoms with Gasteiger partial charge in [-0.15, -0.1) is 5.10 Å². The number of anilines is 2. The van der Waals surface area contributed by atoms with Crippen molar-refractivity contribution in [2.24, 2.45) is 0 Å². The van der Waals surface area contributed by atoms with E-state index < -0.39 is 0 Å². The van der Waals surface area contributed by atoms with Crippen molar-refractivity contribution in [2.75, 3.05) is 17.6 Å². The lowest BCUT2D eigenvalue weighted by Crippen LogP contribution is -2.12. The fourth-order valence-corrected chi connectivity index (χ4v) is 2.61. The van der Waals surface area contributed by atoms with Gasteiger partial charge >= 0.3 is 0 Å². The molecule has 3 aromatic heterocycles. The van der Waals surface area contributed by atoms with Crippen LogP contribution < -0.4 is 11.1 Å². The lowest BCUT2D eigenvalue weighted by molar-refractivity contribution is 0.660. The molecule has 0 aliphatic heterocycles. The molecule has 1 aromatic carbocycles. The number of nitrogens with one attached hydrogen (secondary N) is 1. The first-order valence-electron chi connectivity index (χ1n) is 7.94.